The maximum atomic E-state index is 10.8. The molecule has 0 aromatic heterocycles. The van der Waals surface area contributed by atoms with E-state index in [1.165, 1.54) is 0 Å². The minimum atomic E-state index is 0.0926. The van der Waals surface area contributed by atoms with Gasteiger partial charge in [-0.25, -0.2) is 0 Å². The van der Waals surface area contributed by atoms with Crippen LogP contribution in [0.25, 0.3) is 0 Å². The average molecular weight is 128 g/mol. The van der Waals surface area contributed by atoms with Crippen molar-refractivity contribution in [2.24, 2.45) is 11.7 Å². The van der Waals surface area contributed by atoms with Gasteiger partial charge in [0.15, 0.2) is 0 Å². The summed E-state index contributed by atoms with van der Waals surface area (Å²) in [6.07, 6.45) is 0. The zero-order valence-electron chi connectivity index (χ0n) is 5.79. The van der Waals surface area contributed by atoms with Crippen LogP contribution in [0.3, 0.4) is 0 Å². The van der Waals surface area contributed by atoms with Gasteiger partial charge in [0.25, 0.3) is 0 Å². The third-order valence-electron chi connectivity index (χ3n) is 2.11. The van der Waals surface area contributed by atoms with Crippen LogP contribution in [0.5, 0.6) is 0 Å². The Morgan fingerprint density at radius 2 is 2.33 bits per heavy atom. The van der Waals surface area contributed by atoms with Crippen molar-refractivity contribution in [2.45, 2.75) is 13.0 Å². The fourth-order valence-corrected chi connectivity index (χ4v) is 1.15. The Balaban J connectivity index is 2.51. The van der Waals surface area contributed by atoms with Crippen molar-refractivity contribution in [1.82, 2.24) is 4.90 Å². The van der Waals surface area contributed by atoms with E-state index in [2.05, 4.69) is 0 Å². The van der Waals surface area contributed by atoms with Gasteiger partial charge in [0.05, 0.1) is 5.92 Å². The first-order valence-corrected chi connectivity index (χ1v) is 3.15. The Morgan fingerprint density at radius 3 is 2.56 bits per heavy atom. The standard InChI is InChI=1S/C6H12N2O/c1-4-5(3-7)6(9)8(4)2/h4-5H,3,7H2,1-2H3. The second kappa shape index (κ2) is 1.99. The summed E-state index contributed by atoms with van der Waals surface area (Å²) in [5, 5.41) is 0. The van der Waals surface area contributed by atoms with Gasteiger partial charge in [-0.1, -0.05) is 0 Å². The summed E-state index contributed by atoms with van der Waals surface area (Å²) in [6, 6.07) is 0.350. The second-order valence-corrected chi connectivity index (χ2v) is 2.53. The van der Waals surface area contributed by atoms with Gasteiger partial charge in [0, 0.05) is 19.6 Å². The van der Waals surface area contributed by atoms with Gasteiger partial charge in [0.1, 0.15) is 0 Å². The molecular weight excluding hydrogens is 116 g/mol. The lowest BCUT2D eigenvalue weighted by atomic mass is 9.90. The molecular formula is C6H12N2O. The summed E-state index contributed by atoms with van der Waals surface area (Å²) in [5.41, 5.74) is 5.33. The van der Waals surface area contributed by atoms with Crippen LogP contribution in [0.15, 0.2) is 0 Å². The number of nitrogens with zero attached hydrogens (tertiary/aromatic N) is 1. The maximum absolute atomic E-state index is 10.8. The van der Waals surface area contributed by atoms with E-state index >= 15 is 0 Å². The highest BCUT2D eigenvalue weighted by atomic mass is 16.2. The Labute approximate surface area is 54.8 Å². The smallest absolute Gasteiger partial charge is 0.229 e. The predicted octanol–water partition coefficient (Wildman–Crippen LogP) is -0.578. The van der Waals surface area contributed by atoms with Crippen molar-refractivity contribution in [3.8, 4) is 0 Å². The Hall–Kier alpha value is -0.570. The summed E-state index contributed by atoms with van der Waals surface area (Å²) in [6.45, 7) is 2.50. The third-order valence-corrected chi connectivity index (χ3v) is 2.11. The van der Waals surface area contributed by atoms with Crippen LogP contribution in [0.4, 0.5) is 0 Å². The van der Waals surface area contributed by atoms with Gasteiger partial charge >= 0.3 is 0 Å². The molecule has 1 fully saturated rings. The van der Waals surface area contributed by atoms with E-state index < -0.39 is 0 Å². The minimum Gasteiger partial charge on any atom is -0.342 e. The first kappa shape index (κ1) is 6.55. The lowest BCUT2D eigenvalue weighted by Crippen LogP contribution is -2.59. The summed E-state index contributed by atoms with van der Waals surface area (Å²) in [7, 11) is 1.80. The fraction of sp³-hybridized carbons (Fsp3) is 0.833. The van der Waals surface area contributed by atoms with Crippen molar-refractivity contribution in [1.29, 1.82) is 0 Å². The van der Waals surface area contributed by atoms with E-state index in [0.29, 0.717) is 12.6 Å². The summed E-state index contributed by atoms with van der Waals surface area (Å²) < 4.78 is 0. The van der Waals surface area contributed by atoms with Gasteiger partial charge in [-0.15, -0.1) is 0 Å². The molecule has 0 radical (unpaired) electrons. The van der Waals surface area contributed by atoms with E-state index in [4.69, 9.17) is 5.73 Å². The highest BCUT2D eigenvalue weighted by molar-refractivity contribution is 5.85. The first-order valence-electron chi connectivity index (χ1n) is 3.15. The third kappa shape index (κ3) is 0.721. The molecule has 0 saturated carbocycles. The molecule has 2 N–H and O–H groups in total. The molecule has 1 rings (SSSR count). The van der Waals surface area contributed by atoms with E-state index in [1.54, 1.807) is 11.9 Å². The summed E-state index contributed by atoms with van der Waals surface area (Å²) >= 11 is 0. The molecule has 2 atom stereocenters. The minimum absolute atomic E-state index is 0.0926. The predicted molar refractivity (Wildman–Crippen MR) is 34.8 cm³/mol. The SMILES string of the molecule is CC1C(CN)C(=O)N1C. The number of amides is 1. The number of carbonyl (C=O) groups excluding carboxylic acids is 1. The van der Waals surface area contributed by atoms with Crippen LogP contribution in [0.1, 0.15) is 6.92 Å². The number of rotatable bonds is 1. The zero-order valence-corrected chi connectivity index (χ0v) is 5.79. The molecule has 3 nitrogen and oxygen atoms in total. The van der Waals surface area contributed by atoms with E-state index in [9.17, 15) is 4.79 Å². The summed E-state index contributed by atoms with van der Waals surface area (Å²) in [4.78, 5) is 12.6. The second-order valence-electron chi connectivity index (χ2n) is 2.53. The van der Waals surface area contributed by atoms with Crippen LogP contribution in [0, 0.1) is 5.92 Å². The quantitative estimate of drug-likeness (QED) is 0.480. The molecule has 0 spiro atoms. The average Bonchev–Trinajstić information content (AvgIpc) is 1.89. The number of β-lactam (4-membered cyclic amide) rings is 1. The lowest BCUT2D eigenvalue weighted by Gasteiger charge is -2.42. The van der Waals surface area contributed by atoms with Gasteiger partial charge in [0.2, 0.25) is 5.91 Å². The topological polar surface area (TPSA) is 46.3 Å². The molecule has 1 amide bonds. The number of hydrogen-bond acceptors (Lipinski definition) is 2. The fourth-order valence-electron chi connectivity index (χ4n) is 1.15. The molecule has 0 bridgehead atoms. The molecule has 3 heteroatoms. The van der Waals surface area contributed by atoms with Gasteiger partial charge in [-0.05, 0) is 6.92 Å². The van der Waals surface area contributed by atoms with Crippen molar-refractivity contribution >= 4 is 5.91 Å². The van der Waals surface area contributed by atoms with E-state index in [0.717, 1.165) is 0 Å². The molecule has 2 unspecified atom stereocenters. The first-order chi connectivity index (χ1) is 4.18. The van der Waals surface area contributed by atoms with Gasteiger partial charge in [-0.2, -0.15) is 0 Å². The zero-order chi connectivity index (χ0) is 7.02. The highest BCUT2D eigenvalue weighted by Gasteiger charge is 2.40. The van der Waals surface area contributed by atoms with Crippen LogP contribution in [0.2, 0.25) is 0 Å². The van der Waals surface area contributed by atoms with E-state index in [1.807, 2.05) is 6.92 Å². The molecule has 52 valence electrons. The Morgan fingerprint density at radius 1 is 1.78 bits per heavy atom. The number of carbonyl (C=O) groups is 1. The van der Waals surface area contributed by atoms with E-state index in [-0.39, 0.29) is 11.8 Å². The lowest BCUT2D eigenvalue weighted by molar-refractivity contribution is -0.151. The molecule has 0 aliphatic carbocycles. The number of hydrogen-bond donors (Lipinski definition) is 1. The highest BCUT2D eigenvalue weighted by Crippen LogP contribution is 2.22. The molecule has 0 aromatic rings. The summed E-state index contributed by atoms with van der Waals surface area (Å²) in [5.74, 6) is 0.278. The van der Waals surface area contributed by atoms with Crippen LogP contribution < -0.4 is 5.73 Å². The van der Waals surface area contributed by atoms with Crippen molar-refractivity contribution in [3.63, 3.8) is 0 Å². The largest absolute Gasteiger partial charge is 0.342 e. The maximum Gasteiger partial charge on any atom is 0.229 e. The van der Waals surface area contributed by atoms with Crippen LogP contribution in [-0.4, -0.2) is 30.4 Å². The molecule has 1 aliphatic rings. The van der Waals surface area contributed by atoms with Gasteiger partial charge in [-0.3, -0.25) is 4.79 Å². The van der Waals surface area contributed by atoms with Crippen LogP contribution in [-0.2, 0) is 4.79 Å². The van der Waals surface area contributed by atoms with Crippen molar-refractivity contribution in [2.75, 3.05) is 13.6 Å². The monoisotopic (exact) mass is 128 g/mol. The number of likely N-dealkylation sites (tertiary alicyclic amines) is 1. The van der Waals surface area contributed by atoms with Crippen molar-refractivity contribution < 1.29 is 4.79 Å². The number of nitrogens with two attached hydrogens (primary N) is 1. The molecule has 1 aliphatic heterocycles. The Kier molecular flexibility index (Phi) is 1.45. The van der Waals surface area contributed by atoms with Crippen LogP contribution >= 0.6 is 0 Å². The normalized spacial score (nSPS) is 34.6. The molecule has 1 saturated heterocycles. The Bertz CT molecular complexity index is 135. The molecule has 9 heavy (non-hydrogen) atoms. The van der Waals surface area contributed by atoms with Gasteiger partial charge < -0.3 is 10.6 Å². The molecule has 0 aromatic carbocycles. The molecule has 1 heterocycles. The van der Waals surface area contributed by atoms with Crippen molar-refractivity contribution in [3.05, 3.63) is 0 Å².